The normalized spacial score (nSPS) is 12.6. The number of carbonyl (C=O) groups is 2. The molecule has 3 N–H and O–H groups in total. The maximum absolute atomic E-state index is 12.2. The number of carbonyl (C=O) groups excluding carboxylic acids is 2. The smallest absolute Gasteiger partial charge is 0.218 e. The highest BCUT2D eigenvalue weighted by molar-refractivity contribution is 6.35. The van der Waals surface area contributed by atoms with Crippen molar-refractivity contribution in [2.75, 3.05) is 18.0 Å². The van der Waals surface area contributed by atoms with Gasteiger partial charge >= 0.3 is 0 Å². The maximum Gasteiger partial charge on any atom is 0.218 e. The molecule has 7 heteroatoms. The number of ketones is 1. The number of nitrogens with two attached hydrogens (primary N) is 1. The highest BCUT2D eigenvalue weighted by Gasteiger charge is 2.36. The Kier molecular flexibility index (Phi) is 8.96. The fraction of sp³-hybridized carbons (Fsp3) is 0.333. The van der Waals surface area contributed by atoms with Crippen LogP contribution in [0.15, 0.2) is 55.2 Å². The van der Waals surface area contributed by atoms with Gasteiger partial charge in [-0.25, -0.2) is 0 Å². The van der Waals surface area contributed by atoms with Gasteiger partial charge in [0.1, 0.15) is 5.78 Å². The van der Waals surface area contributed by atoms with E-state index >= 15 is 0 Å². The minimum Gasteiger partial charge on any atom is -0.391 e. The van der Waals surface area contributed by atoms with Gasteiger partial charge in [-0.1, -0.05) is 53.5 Å². The summed E-state index contributed by atoms with van der Waals surface area (Å²) in [5.41, 5.74) is 7.86. The molecule has 1 amide bonds. The van der Waals surface area contributed by atoms with Gasteiger partial charge in [0.25, 0.3) is 0 Å². The van der Waals surface area contributed by atoms with Crippen molar-refractivity contribution >= 4 is 40.6 Å². The molecule has 0 radical (unpaired) electrons. The Hall–Kier alpha value is -2.50. The zero-order chi connectivity index (χ0) is 23.0. The summed E-state index contributed by atoms with van der Waals surface area (Å²) in [6, 6.07) is 13.5. The molecule has 5 nitrogen and oxygen atoms in total. The van der Waals surface area contributed by atoms with Gasteiger partial charge in [-0.2, -0.15) is 0 Å². The number of Topliss-reactive ketones (excluding diaryl/α,β-unsaturated/α-hetero) is 1. The summed E-state index contributed by atoms with van der Waals surface area (Å²) in [6.45, 7) is 8.52. The van der Waals surface area contributed by atoms with Crippen LogP contribution in [0.25, 0.3) is 0 Å². The SMILES string of the molecule is C=CNCC(CC(C)=O)(CC(N)=O)CN(Cc1ccc(Cl)cc1Cl)c1ccc(C)cc1. The van der Waals surface area contributed by atoms with Crippen LogP contribution in [0.2, 0.25) is 10.0 Å². The van der Waals surface area contributed by atoms with Crippen LogP contribution in [0, 0.1) is 12.3 Å². The van der Waals surface area contributed by atoms with Crippen LogP contribution in [-0.2, 0) is 16.1 Å². The predicted molar refractivity (Wildman–Crippen MR) is 128 cm³/mol. The van der Waals surface area contributed by atoms with E-state index in [2.05, 4.69) is 16.8 Å². The molecule has 0 spiro atoms. The van der Waals surface area contributed by atoms with E-state index in [1.165, 1.54) is 6.92 Å². The standard InChI is InChI=1S/C24H29Cl2N3O2/c1-4-28-15-24(12-18(3)30,13-23(27)31)16-29(21-9-5-17(2)6-10-21)14-19-7-8-20(25)11-22(19)26/h4-11,28H,1,12-16H2,2-3H3,(H2,27,31). The Bertz CT molecular complexity index is 913. The molecule has 0 aliphatic rings. The van der Waals surface area contributed by atoms with E-state index in [1.807, 2.05) is 37.3 Å². The average molecular weight is 462 g/mol. The second-order valence-corrected chi connectivity index (χ2v) is 8.88. The van der Waals surface area contributed by atoms with Crippen molar-refractivity contribution in [3.63, 3.8) is 0 Å². The van der Waals surface area contributed by atoms with Gasteiger partial charge in [0.15, 0.2) is 0 Å². The number of nitrogens with zero attached hydrogens (tertiary/aromatic N) is 1. The lowest BCUT2D eigenvalue weighted by molar-refractivity contribution is -0.122. The maximum atomic E-state index is 12.2. The van der Waals surface area contributed by atoms with Crippen LogP contribution in [0.4, 0.5) is 5.69 Å². The van der Waals surface area contributed by atoms with Crippen LogP contribution < -0.4 is 16.0 Å². The number of halogens is 2. The Morgan fingerprint density at radius 1 is 1.16 bits per heavy atom. The fourth-order valence-corrected chi connectivity index (χ4v) is 4.26. The van der Waals surface area contributed by atoms with Crippen LogP contribution in [0.5, 0.6) is 0 Å². The van der Waals surface area contributed by atoms with Crippen molar-refractivity contribution in [2.45, 2.75) is 33.2 Å². The fourth-order valence-electron chi connectivity index (χ4n) is 3.80. The Labute approximate surface area is 194 Å². The summed E-state index contributed by atoms with van der Waals surface area (Å²) >= 11 is 12.5. The molecular weight excluding hydrogens is 433 g/mol. The summed E-state index contributed by atoms with van der Waals surface area (Å²) in [6.07, 6.45) is 1.82. The van der Waals surface area contributed by atoms with Crippen LogP contribution in [0.1, 0.15) is 30.9 Å². The third-order valence-electron chi connectivity index (χ3n) is 5.10. The minimum atomic E-state index is -0.713. The topological polar surface area (TPSA) is 75.4 Å². The number of nitrogens with one attached hydrogen (secondary N) is 1. The van der Waals surface area contributed by atoms with Crippen molar-refractivity contribution in [2.24, 2.45) is 11.1 Å². The zero-order valence-electron chi connectivity index (χ0n) is 18.0. The second kappa shape index (κ2) is 11.2. The molecule has 166 valence electrons. The molecule has 2 aromatic carbocycles. The number of aryl methyl sites for hydroxylation is 1. The van der Waals surface area contributed by atoms with Crippen molar-refractivity contribution < 1.29 is 9.59 Å². The van der Waals surface area contributed by atoms with Crippen LogP contribution in [-0.4, -0.2) is 24.8 Å². The first kappa shape index (κ1) is 24.8. The van der Waals surface area contributed by atoms with Crippen LogP contribution in [0.3, 0.4) is 0 Å². The number of primary amides is 1. The first-order chi connectivity index (χ1) is 14.6. The van der Waals surface area contributed by atoms with Crippen molar-refractivity contribution in [3.05, 3.63) is 76.4 Å². The molecule has 0 saturated heterocycles. The summed E-state index contributed by atoms with van der Waals surface area (Å²) in [7, 11) is 0. The van der Waals surface area contributed by atoms with Gasteiger partial charge in [-0.3, -0.25) is 4.79 Å². The van der Waals surface area contributed by atoms with E-state index in [4.69, 9.17) is 28.9 Å². The van der Waals surface area contributed by atoms with E-state index in [1.54, 1.807) is 18.3 Å². The van der Waals surface area contributed by atoms with Crippen LogP contribution >= 0.6 is 23.2 Å². The monoisotopic (exact) mass is 461 g/mol. The lowest BCUT2D eigenvalue weighted by Gasteiger charge is -2.39. The Morgan fingerprint density at radius 2 is 1.84 bits per heavy atom. The molecule has 0 bridgehead atoms. The van der Waals surface area contributed by atoms with Crippen molar-refractivity contribution in [3.8, 4) is 0 Å². The van der Waals surface area contributed by atoms with E-state index in [0.29, 0.717) is 29.7 Å². The number of hydrogen-bond acceptors (Lipinski definition) is 4. The molecule has 0 aliphatic heterocycles. The predicted octanol–water partition coefficient (Wildman–Crippen LogP) is 4.88. The number of hydrogen-bond donors (Lipinski definition) is 2. The minimum absolute atomic E-state index is 0.0134. The number of anilines is 1. The average Bonchev–Trinajstić information content (AvgIpc) is 2.67. The quantitative estimate of drug-likeness (QED) is 0.471. The van der Waals surface area contributed by atoms with Gasteiger partial charge in [0.2, 0.25) is 5.91 Å². The van der Waals surface area contributed by atoms with Crippen molar-refractivity contribution in [1.82, 2.24) is 5.32 Å². The molecule has 0 saturated carbocycles. The van der Waals surface area contributed by atoms with E-state index in [9.17, 15) is 9.59 Å². The number of benzene rings is 2. The Balaban J connectivity index is 2.49. The second-order valence-electron chi connectivity index (χ2n) is 8.03. The summed E-state index contributed by atoms with van der Waals surface area (Å²) < 4.78 is 0. The van der Waals surface area contributed by atoms with Gasteiger partial charge in [0.05, 0.1) is 0 Å². The summed E-state index contributed by atoms with van der Waals surface area (Å²) in [4.78, 5) is 26.2. The molecule has 0 aromatic heterocycles. The lowest BCUT2D eigenvalue weighted by Crippen LogP contribution is -2.46. The third-order valence-corrected chi connectivity index (χ3v) is 5.68. The zero-order valence-corrected chi connectivity index (χ0v) is 19.5. The number of rotatable bonds is 12. The molecule has 31 heavy (non-hydrogen) atoms. The third kappa shape index (κ3) is 7.60. The van der Waals surface area contributed by atoms with E-state index in [-0.39, 0.29) is 18.6 Å². The highest BCUT2D eigenvalue weighted by Crippen LogP contribution is 2.33. The van der Waals surface area contributed by atoms with Gasteiger partial charge in [-0.05, 0) is 49.9 Å². The summed E-state index contributed by atoms with van der Waals surface area (Å²) in [5.74, 6) is -0.471. The largest absolute Gasteiger partial charge is 0.391 e. The van der Waals surface area contributed by atoms with Gasteiger partial charge in [0, 0.05) is 53.6 Å². The van der Waals surface area contributed by atoms with Crippen molar-refractivity contribution in [1.29, 1.82) is 0 Å². The Morgan fingerprint density at radius 3 is 2.39 bits per heavy atom. The summed E-state index contributed by atoms with van der Waals surface area (Å²) in [5, 5.41) is 4.20. The van der Waals surface area contributed by atoms with Gasteiger partial charge in [-0.15, -0.1) is 0 Å². The molecule has 1 unspecified atom stereocenters. The highest BCUT2D eigenvalue weighted by atomic mass is 35.5. The van der Waals surface area contributed by atoms with E-state index < -0.39 is 11.3 Å². The number of amides is 1. The first-order valence-electron chi connectivity index (χ1n) is 10.0. The molecule has 0 aliphatic carbocycles. The molecule has 0 fully saturated rings. The molecule has 1 atom stereocenters. The molecule has 2 aromatic rings. The van der Waals surface area contributed by atoms with Gasteiger partial charge < -0.3 is 20.7 Å². The molecule has 0 heterocycles. The molecule has 2 rings (SSSR count). The van der Waals surface area contributed by atoms with E-state index in [0.717, 1.165) is 16.8 Å². The first-order valence-corrected chi connectivity index (χ1v) is 10.8. The lowest BCUT2D eigenvalue weighted by atomic mass is 9.78. The molecular formula is C24H29Cl2N3O2.